The van der Waals surface area contributed by atoms with Crippen LogP contribution in [-0.4, -0.2) is 37.1 Å². The lowest BCUT2D eigenvalue weighted by Crippen LogP contribution is -2.26. The minimum atomic E-state index is -0.323. The monoisotopic (exact) mass is 364 g/mol. The highest BCUT2D eigenvalue weighted by molar-refractivity contribution is 5.66. The first kappa shape index (κ1) is 16.4. The van der Waals surface area contributed by atoms with Gasteiger partial charge in [-0.1, -0.05) is 0 Å². The van der Waals surface area contributed by atoms with E-state index in [-0.39, 0.29) is 5.82 Å². The van der Waals surface area contributed by atoms with E-state index in [0.29, 0.717) is 11.6 Å². The average Bonchev–Trinajstić information content (AvgIpc) is 3.24. The lowest BCUT2D eigenvalue weighted by molar-refractivity contribution is 0.454. The van der Waals surface area contributed by atoms with E-state index in [1.165, 1.54) is 6.07 Å². The summed E-state index contributed by atoms with van der Waals surface area (Å²) in [5.41, 5.74) is 5.50. The molecule has 1 fully saturated rings. The number of piperidine rings is 1. The maximum Gasteiger partial charge on any atom is 0.173 e. The van der Waals surface area contributed by atoms with E-state index in [9.17, 15) is 4.39 Å². The van der Waals surface area contributed by atoms with Gasteiger partial charge in [0.1, 0.15) is 0 Å². The van der Waals surface area contributed by atoms with Crippen LogP contribution in [0.25, 0.3) is 22.6 Å². The summed E-state index contributed by atoms with van der Waals surface area (Å²) in [7, 11) is 0. The van der Waals surface area contributed by atoms with Gasteiger partial charge in [0.05, 0.1) is 23.3 Å². The van der Waals surface area contributed by atoms with Gasteiger partial charge in [0.15, 0.2) is 17.1 Å². The molecule has 0 radical (unpaired) electrons. The summed E-state index contributed by atoms with van der Waals surface area (Å²) in [5, 5.41) is 8.01. The number of hydrogen-bond donors (Lipinski definition) is 1. The number of fused-ring (bicyclic) bond motifs is 2. The van der Waals surface area contributed by atoms with Crippen LogP contribution in [0.15, 0.2) is 30.7 Å². The van der Waals surface area contributed by atoms with Crippen molar-refractivity contribution in [2.24, 2.45) is 0 Å². The fourth-order valence-electron chi connectivity index (χ4n) is 3.94. The summed E-state index contributed by atoms with van der Waals surface area (Å²) in [6.07, 6.45) is 7.83. The second kappa shape index (κ2) is 6.13. The molecule has 5 heterocycles. The molecule has 0 atom stereocenters. The van der Waals surface area contributed by atoms with Gasteiger partial charge >= 0.3 is 0 Å². The smallest absolute Gasteiger partial charge is 0.173 e. The van der Waals surface area contributed by atoms with Crippen LogP contribution < -0.4 is 5.32 Å². The van der Waals surface area contributed by atoms with Crippen LogP contribution in [0.1, 0.15) is 35.7 Å². The molecule has 0 bridgehead atoms. The first-order valence-corrected chi connectivity index (χ1v) is 9.31. The van der Waals surface area contributed by atoms with Crippen LogP contribution in [-0.2, 0) is 0 Å². The van der Waals surface area contributed by atoms with Crippen LogP contribution in [0.3, 0.4) is 0 Å². The van der Waals surface area contributed by atoms with E-state index in [1.807, 2.05) is 38.5 Å². The number of rotatable bonds is 2. The van der Waals surface area contributed by atoms with E-state index >= 15 is 0 Å². The topological polar surface area (TPSA) is 59.5 Å². The van der Waals surface area contributed by atoms with Gasteiger partial charge in [-0.3, -0.25) is 0 Å². The number of halogens is 1. The van der Waals surface area contributed by atoms with Crippen molar-refractivity contribution in [3.8, 4) is 11.3 Å². The van der Waals surface area contributed by atoms with Gasteiger partial charge in [0.25, 0.3) is 0 Å². The molecule has 0 aliphatic carbocycles. The fraction of sp³-hybridized carbons (Fsp3) is 0.350. The number of pyridine rings is 1. The molecule has 4 aromatic rings. The Kier molecular flexibility index (Phi) is 3.72. The molecule has 1 aliphatic heterocycles. The Morgan fingerprint density at radius 3 is 2.70 bits per heavy atom. The molecule has 4 aromatic heterocycles. The number of aromatic nitrogens is 5. The highest BCUT2D eigenvalue weighted by Crippen LogP contribution is 2.28. The minimum Gasteiger partial charge on any atom is -0.317 e. The van der Waals surface area contributed by atoms with Crippen molar-refractivity contribution in [1.29, 1.82) is 0 Å². The van der Waals surface area contributed by atoms with Gasteiger partial charge < -0.3 is 9.72 Å². The average molecular weight is 364 g/mol. The third-order valence-electron chi connectivity index (χ3n) is 5.32. The Hall–Kier alpha value is -2.80. The van der Waals surface area contributed by atoms with E-state index in [4.69, 9.17) is 0 Å². The molecule has 138 valence electrons. The van der Waals surface area contributed by atoms with Crippen molar-refractivity contribution in [1.82, 2.24) is 29.3 Å². The van der Waals surface area contributed by atoms with E-state index < -0.39 is 0 Å². The number of hydrogen-bond acceptors (Lipinski definition) is 4. The lowest BCUT2D eigenvalue weighted by atomic mass is 9.95. The van der Waals surface area contributed by atoms with Crippen LogP contribution in [0.5, 0.6) is 0 Å². The number of nitrogens with one attached hydrogen (secondary N) is 1. The molecule has 0 aromatic carbocycles. The van der Waals surface area contributed by atoms with E-state index in [2.05, 4.69) is 20.4 Å². The predicted molar refractivity (Wildman–Crippen MR) is 101 cm³/mol. The van der Waals surface area contributed by atoms with Crippen molar-refractivity contribution in [2.75, 3.05) is 13.1 Å². The van der Waals surface area contributed by atoms with Crippen molar-refractivity contribution in [2.45, 2.75) is 32.6 Å². The zero-order valence-electron chi connectivity index (χ0n) is 15.4. The van der Waals surface area contributed by atoms with Crippen LogP contribution in [0.4, 0.5) is 4.39 Å². The van der Waals surface area contributed by atoms with Gasteiger partial charge in [-0.05, 0) is 57.5 Å². The van der Waals surface area contributed by atoms with Crippen molar-refractivity contribution in [3.63, 3.8) is 0 Å². The van der Waals surface area contributed by atoms with Crippen molar-refractivity contribution >= 4 is 11.3 Å². The first-order chi connectivity index (χ1) is 13.1. The largest absolute Gasteiger partial charge is 0.317 e. The van der Waals surface area contributed by atoms with Crippen LogP contribution in [0, 0.1) is 19.7 Å². The molecule has 6 nitrogen and oxygen atoms in total. The quantitative estimate of drug-likeness (QED) is 0.593. The van der Waals surface area contributed by atoms with Crippen LogP contribution in [0.2, 0.25) is 0 Å². The Balaban J connectivity index is 1.62. The van der Waals surface area contributed by atoms with E-state index in [0.717, 1.165) is 59.8 Å². The molecule has 0 spiro atoms. The summed E-state index contributed by atoms with van der Waals surface area (Å²) in [4.78, 5) is 9.01. The van der Waals surface area contributed by atoms with E-state index in [1.54, 1.807) is 8.92 Å². The molecular formula is C20H21FN6. The second-order valence-electron chi connectivity index (χ2n) is 7.36. The molecule has 1 saturated heterocycles. The SMILES string of the molecule is Cc1cn2nc(-c3cc(F)c4nc(C5CCNCC5)cn4c3)c(C)cc2n1. The molecular weight excluding hydrogens is 343 g/mol. The third-order valence-corrected chi connectivity index (χ3v) is 5.32. The molecule has 27 heavy (non-hydrogen) atoms. The van der Waals surface area contributed by atoms with Gasteiger partial charge in [0, 0.05) is 23.9 Å². The molecule has 5 rings (SSSR count). The fourth-order valence-corrected chi connectivity index (χ4v) is 3.94. The zero-order valence-corrected chi connectivity index (χ0v) is 15.4. The summed E-state index contributed by atoms with van der Waals surface area (Å²) in [6, 6.07) is 3.51. The maximum atomic E-state index is 14.8. The number of nitrogens with zero attached hydrogens (tertiary/aromatic N) is 5. The summed E-state index contributed by atoms with van der Waals surface area (Å²) in [6.45, 7) is 5.88. The predicted octanol–water partition coefficient (Wildman–Crippen LogP) is 3.27. The van der Waals surface area contributed by atoms with Gasteiger partial charge in [-0.25, -0.2) is 18.9 Å². The Morgan fingerprint density at radius 1 is 1.07 bits per heavy atom. The molecule has 1 aliphatic rings. The summed E-state index contributed by atoms with van der Waals surface area (Å²) in [5.74, 6) is 0.0647. The van der Waals surface area contributed by atoms with Crippen molar-refractivity contribution < 1.29 is 4.39 Å². The zero-order chi connectivity index (χ0) is 18.5. The third kappa shape index (κ3) is 2.78. The highest BCUT2D eigenvalue weighted by Gasteiger charge is 2.20. The second-order valence-corrected chi connectivity index (χ2v) is 7.36. The molecule has 0 saturated carbocycles. The maximum absolute atomic E-state index is 14.8. The summed E-state index contributed by atoms with van der Waals surface area (Å²) < 4.78 is 18.4. The minimum absolute atomic E-state index is 0.323. The normalized spacial score (nSPS) is 15.8. The Morgan fingerprint density at radius 2 is 1.89 bits per heavy atom. The van der Waals surface area contributed by atoms with Gasteiger partial charge in [-0.15, -0.1) is 0 Å². The van der Waals surface area contributed by atoms with Crippen molar-refractivity contribution in [3.05, 3.63) is 53.5 Å². The Bertz CT molecular complexity index is 1150. The van der Waals surface area contributed by atoms with Gasteiger partial charge in [-0.2, -0.15) is 5.10 Å². The standard InChI is InChI=1S/C20H21FN6/c1-12-7-18-23-13(2)9-27(18)25-19(12)15-8-16(21)20-24-17(11-26(20)10-15)14-3-5-22-6-4-14/h7-11,14,22H,3-6H2,1-2H3. The molecule has 0 amide bonds. The Labute approximate surface area is 156 Å². The van der Waals surface area contributed by atoms with Gasteiger partial charge in [0.2, 0.25) is 0 Å². The highest BCUT2D eigenvalue weighted by atomic mass is 19.1. The number of aryl methyl sites for hydroxylation is 2. The lowest BCUT2D eigenvalue weighted by Gasteiger charge is -2.20. The molecule has 0 unspecified atom stereocenters. The molecule has 1 N–H and O–H groups in total. The summed E-state index contributed by atoms with van der Waals surface area (Å²) >= 11 is 0. The first-order valence-electron chi connectivity index (χ1n) is 9.31. The number of imidazole rings is 2. The van der Waals surface area contributed by atoms with Crippen LogP contribution >= 0.6 is 0 Å². The molecule has 7 heteroatoms.